The second-order valence-electron chi connectivity index (χ2n) is 7.28. The topological polar surface area (TPSA) is 52.7 Å². The van der Waals surface area contributed by atoms with E-state index >= 15 is 0 Å². The molecule has 1 aliphatic rings. The van der Waals surface area contributed by atoms with E-state index in [9.17, 15) is 9.59 Å². The number of hydrogen-bond acceptors (Lipinski definition) is 4. The number of benzene rings is 1. The highest BCUT2D eigenvalue weighted by molar-refractivity contribution is 8.00. The number of rotatable bonds is 8. The van der Waals surface area contributed by atoms with E-state index < -0.39 is 0 Å². The molecule has 5 nitrogen and oxygen atoms in total. The van der Waals surface area contributed by atoms with Crippen molar-refractivity contribution in [2.45, 2.75) is 45.8 Å². The molecule has 2 amide bonds. The maximum atomic E-state index is 12.5. The summed E-state index contributed by atoms with van der Waals surface area (Å²) >= 11 is 1.75. The Morgan fingerprint density at radius 2 is 1.78 bits per heavy atom. The average molecular weight is 392 g/mol. The Morgan fingerprint density at radius 1 is 1.15 bits per heavy atom. The van der Waals surface area contributed by atoms with Gasteiger partial charge in [-0.3, -0.25) is 14.5 Å². The second kappa shape index (κ2) is 10.7. The number of carbonyl (C=O) groups is 2. The van der Waals surface area contributed by atoms with Gasteiger partial charge in [0.15, 0.2) is 0 Å². The molecule has 1 aliphatic heterocycles. The van der Waals surface area contributed by atoms with Crippen LogP contribution in [0.4, 0.5) is 5.69 Å². The fourth-order valence-corrected chi connectivity index (χ4v) is 4.35. The molecular formula is C21H33N3O2S. The van der Waals surface area contributed by atoms with Gasteiger partial charge in [0.25, 0.3) is 0 Å². The number of aryl methyl sites for hydroxylation is 2. The number of anilines is 1. The van der Waals surface area contributed by atoms with E-state index in [1.54, 1.807) is 11.8 Å². The van der Waals surface area contributed by atoms with Gasteiger partial charge in [0.2, 0.25) is 11.8 Å². The molecule has 0 spiro atoms. The number of unbranched alkanes of at least 4 members (excludes halogenated alkanes) is 1. The van der Waals surface area contributed by atoms with E-state index in [2.05, 4.69) is 17.1 Å². The first kappa shape index (κ1) is 21.8. The molecule has 1 atom stereocenters. The van der Waals surface area contributed by atoms with Crippen molar-refractivity contribution in [1.82, 2.24) is 9.80 Å². The van der Waals surface area contributed by atoms with Crippen molar-refractivity contribution in [3.63, 3.8) is 0 Å². The zero-order valence-corrected chi connectivity index (χ0v) is 17.9. The minimum absolute atomic E-state index is 0.00988. The first-order valence-corrected chi connectivity index (χ1v) is 11.0. The fourth-order valence-electron chi connectivity index (χ4n) is 3.25. The summed E-state index contributed by atoms with van der Waals surface area (Å²) < 4.78 is 0. The van der Waals surface area contributed by atoms with Crippen LogP contribution in [0.1, 0.15) is 37.8 Å². The average Bonchev–Trinajstić information content (AvgIpc) is 2.65. The van der Waals surface area contributed by atoms with Gasteiger partial charge in [0.1, 0.15) is 0 Å². The van der Waals surface area contributed by atoms with Crippen LogP contribution in [-0.2, 0) is 9.59 Å². The minimum Gasteiger partial charge on any atom is -0.339 e. The summed E-state index contributed by atoms with van der Waals surface area (Å²) in [5.41, 5.74) is 3.07. The largest absolute Gasteiger partial charge is 0.339 e. The number of piperazine rings is 1. The minimum atomic E-state index is 0.00988. The normalized spacial score (nSPS) is 16.2. The molecule has 6 heteroatoms. The molecular weight excluding hydrogens is 358 g/mol. The SMILES string of the molecule is CCCCS[C@@H](C)C(=O)N1CCN(CC(=O)Nc2c(C)cccc2C)CC1. The van der Waals surface area contributed by atoms with Gasteiger partial charge in [-0.05, 0) is 44.1 Å². The lowest BCUT2D eigenvalue weighted by Crippen LogP contribution is -2.52. The van der Waals surface area contributed by atoms with Crippen molar-refractivity contribution in [3.8, 4) is 0 Å². The molecule has 2 rings (SSSR count). The van der Waals surface area contributed by atoms with Gasteiger partial charge >= 0.3 is 0 Å². The Kier molecular flexibility index (Phi) is 8.64. The van der Waals surface area contributed by atoms with Gasteiger partial charge in [0.05, 0.1) is 11.8 Å². The van der Waals surface area contributed by atoms with E-state index in [1.807, 2.05) is 43.9 Å². The Hall–Kier alpha value is -1.53. The molecule has 0 bridgehead atoms. The molecule has 1 N–H and O–H groups in total. The third kappa shape index (κ3) is 6.54. The summed E-state index contributed by atoms with van der Waals surface area (Å²) in [4.78, 5) is 29.0. The molecule has 27 heavy (non-hydrogen) atoms. The van der Waals surface area contributed by atoms with Gasteiger partial charge < -0.3 is 10.2 Å². The number of thioether (sulfide) groups is 1. The summed E-state index contributed by atoms with van der Waals surface area (Å²) in [7, 11) is 0. The van der Waals surface area contributed by atoms with Crippen molar-refractivity contribution in [2.75, 3.05) is 43.8 Å². The molecule has 1 heterocycles. The molecule has 1 aromatic carbocycles. The molecule has 0 unspecified atom stereocenters. The molecule has 0 aliphatic carbocycles. The third-order valence-corrected chi connectivity index (χ3v) is 6.24. The Bertz CT molecular complexity index is 622. The monoisotopic (exact) mass is 391 g/mol. The lowest BCUT2D eigenvalue weighted by molar-refractivity contribution is -0.132. The van der Waals surface area contributed by atoms with E-state index in [4.69, 9.17) is 0 Å². The van der Waals surface area contributed by atoms with Crippen LogP contribution < -0.4 is 5.32 Å². The number of nitrogens with one attached hydrogen (secondary N) is 1. The van der Waals surface area contributed by atoms with Crippen LogP contribution in [0.3, 0.4) is 0 Å². The Morgan fingerprint density at radius 3 is 2.37 bits per heavy atom. The van der Waals surface area contributed by atoms with Crippen LogP contribution in [0, 0.1) is 13.8 Å². The van der Waals surface area contributed by atoms with Crippen LogP contribution in [0.25, 0.3) is 0 Å². The molecule has 1 fully saturated rings. The van der Waals surface area contributed by atoms with Crippen molar-refractivity contribution >= 4 is 29.3 Å². The highest BCUT2D eigenvalue weighted by Crippen LogP contribution is 2.20. The van der Waals surface area contributed by atoms with E-state index in [0.29, 0.717) is 19.6 Å². The lowest BCUT2D eigenvalue weighted by atomic mass is 10.1. The maximum Gasteiger partial charge on any atom is 0.238 e. The summed E-state index contributed by atoms with van der Waals surface area (Å²) in [6.45, 7) is 11.5. The molecule has 1 saturated heterocycles. The smallest absolute Gasteiger partial charge is 0.238 e. The van der Waals surface area contributed by atoms with Gasteiger partial charge in [0, 0.05) is 31.9 Å². The van der Waals surface area contributed by atoms with E-state index in [1.165, 1.54) is 0 Å². The molecule has 0 aromatic heterocycles. The van der Waals surface area contributed by atoms with Crippen LogP contribution in [0.5, 0.6) is 0 Å². The Balaban J connectivity index is 1.77. The number of hydrogen-bond donors (Lipinski definition) is 1. The predicted molar refractivity (Wildman–Crippen MR) is 114 cm³/mol. The zero-order valence-electron chi connectivity index (χ0n) is 17.1. The summed E-state index contributed by atoms with van der Waals surface area (Å²) in [6.07, 6.45) is 2.32. The molecule has 0 saturated carbocycles. The van der Waals surface area contributed by atoms with E-state index in [-0.39, 0.29) is 17.1 Å². The lowest BCUT2D eigenvalue weighted by Gasteiger charge is -2.35. The summed E-state index contributed by atoms with van der Waals surface area (Å²) in [5, 5.41) is 3.07. The third-order valence-electron chi connectivity index (χ3n) is 5.01. The van der Waals surface area contributed by atoms with Crippen LogP contribution in [-0.4, -0.2) is 65.3 Å². The van der Waals surface area contributed by atoms with Crippen molar-refractivity contribution in [3.05, 3.63) is 29.3 Å². The quantitative estimate of drug-likeness (QED) is 0.691. The first-order valence-electron chi connectivity index (χ1n) is 9.91. The molecule has 150 valence electrons. The van der Waals surface area contributed by atoms with Crippen molar-refractivity contribution in [1.29, 1.82) is 0 Å². The van der Waals surface area contributed by atoms with Crippen LogP contribution in [0.15, 0.2) is 18.2 Å². The van der Waals surface area contributed by atoms with E-state index in [0.717, 1.165) is 48.5 Å². The van der Waals surface area contributed by atoms with Crippen molar-refractivity contribution in [2.24, 2.45) is 0 Å². The highest BCUT2D eigenvalue weighted by atomic mass is 32.2. The zero-order chi connectivity index (χ0) is 19.8. The summed E-state index contributed by atoms with van der Waals surface area (Å²) in [6, 6.07) is 6.01. The predicted octanol–water partition coefficient (Wildman–Crippen LogP) is 3.31. The molecule has 1 aromatic rings. The number of carbonyl (C=O) groups excluding carboxylic acids is 2. The van der Waals surface area contributed by atoms with Crippen LogP contribution >= 0.6 is 11.8 Å². The Labute approximate surface area is 167 Å². The van der Waals surface area contributed by atoms with Gasteiger partial charge in [-0.15, -0.1) is 11.8 Å². The number of amides is 2. The maximum absolute atomic E-state index is 12.5. The van der Waals surface area contributed by atoms with Crippen LogP contribution in [0.2, 0.25) is 0 Å². The standard InChI is InChI=1S/C21H33N3O2S/c1-5-6-14-27-18(4)21(26)24-12-10-23(11-13-24)15-19(25)22-20-16(2)8-7-9-17(20)3/h7-9,18H,5-6,10-15H2,1-4H3,(H,22,25)/t18-/m0/s1. The molecule has 0 radical (unpaired) electrons. The number of nitrogens with zero attached hydrogens (tertiary/aromatic N) is 2. The van der Waals surface area contributed by atoms with Gasteiger partial charge in [-0.1, -0.05) is 31.5 Å². The fraction of sp³-hybridized carbons (Fsp3) is 0.619. The summed E-state index contributed by atoms with van der Waals surface area (Å²) in [5.74, 6) is 1.29. The number of para-hydroxylation sites is 1. The van der Waals surface area contributed by atoms with Gasteiger partial charge in [-0.25, -0.2) is 0 Å². The van der Waals surface area contributed by atoms with Gasteiger partial charge in [-0.2, -0.15) is 0 Å². The van der Waals surface area contributed by atoms with Crippen molar-refractivity contribution < 1.29 is 9.59 Å². The first-order chi connectivity index (χ1) is 12.9. The highest BCUT2D eigenvalue weighted by Gasteiger charge is 2.25. The second-order valence-corrected chi connectivity index (χ2v) is 8.73.